The van der Waals surface area contributed by atoms with Crippen molar-refractivity contribution in [3.05, 3.63) is 125 Å². The van der Waals surface area contributed by atoms with Gasteiger partial charge >= 0.3 is 0 Å². The van der Waals surface area contributed by atoms with Gasteiger partial charge in [0.05, 0.1) is 4.92 Å². The van der Waals surface area contributed by atoms with Gasteiger partial charge in [0.25, 0.3) is 5.69 Å². The first kappa shape index (κ1) is 21.0. The van der Waals surface area contributed by atoms with Crippen molar-refractivity contribution in [3.8, 4) is 0 Å². The zero-order valence-corrected chi connectivity index (χ0v) is 15.3. The molecule has 8 nitrogen and oxygen atoms in total. The van der Waals surface area contributed by atoms with Gasteiger partial charge in [-0.3, -0.25) is 14.9 Å². The molecule has 0 bridgehead atoms. The molecule has 0 atom stereocenters. The van der Waals surface area contributed by atoms with Crippen LogP contribution in [-0.4, -0.2) is 30.6 Å². The number of aromatic nitrogens is 4. The van der Waals surface area contributed by atoms with Crippen LogP contribution in [0, 0.1) is 10.1 Å². The lowest BCUT2D eigenvalue weighted by Crippen LogP contribution is -2.04. The van der Waals surface area contributed by atoms with Crippen molar-refractivity contribution in [2.24, 2.45) is 0 Å². The summed E-state index contributed by atoms with van der Waals surface area (Å²) in [5, 5.41) is 10.8. The molecule has 2 aromatic carbocycles. The highest BCUT2D eigenvalue weighted by atomic mass is 16.6. The molecule has 4 rings (SSSR count). The highest BCUT2D eigenvalue weighted by Gasteiger charge is 2.19. The first-order valence-electron chi connectivity index (χ1n) is 8.43. The topological polar surface area (TPSA) is 112 Å². The average Bonchev–Trinajstić information content (AvgIpc) is 2.82. The summed E-state index contributed by atoms with van der Waals surface area (Å²) in [5.74, 6) is -0.335. The Kier molecular flexibility index (Phi) is 8.77. The zero-order chi connectivity index (χ0) is 20.7. The predicted octanol–water partition coefficient (Wildman–Crippen LogP) is 3.78. The quantitative estimate of drug-likeness (QED) is 0.299. The van der Waals surface area contributed by atoms with Gasteiger partial charge in [-0.25, -0.2) is 19.9 Å². The average molecular weight is 387 g/mol. The molecule has 0 spiro atoms. The maximum absolute atomic E-state index is 12.1. The summed E-state index contributed by atoms with van der Waals surface area (Å²) in [6.07, 6.45) is 9.75. The third-order valence-corrected chi connectivity index (χ3v) is 3.34. The van der Waals surface area contributed by atoms with E-state index in [0.717, 1.165) is 0 Å². The summed E-state index contributed by atoms with van der Waals surface area (Å²) in [6, 6.07) is 18.0. The highest BCUT2D eigenvalue weighted by Crippen LogP contribution is 2.20. The van der Waals surface area contributed by atoms with E-state index in [1.807, 2.05) is 0 Å². The van der Waals surface area contributed by atoms with Crippen LogP contribution in [0.2, 0.25) is 0 Å². The second kappa shape index (κ2) is 12.1. The Balaban J connectivity index is 0.000000202. The number of rotatable bonds is 3. The molecule has 4 aromatic rings. The van der Waals surface area contributed by atoms with Crippen molar-refractivity contribution in [1.29, 1.82) is 0 Å². The number of nitro groups is 1. The maximum atomic E-state index is 12.1. The number of carbonyl (C=O) groups is 1. The SMILES string of the molecule is O=C(c1ccccc1)c1ccccc1[N+](=O)[O-].c1cncnc1.c1cncnc1. The minimum atomic E-state index is -0.545. The minimum absolute atomic E-state index is 0.115. The lowest BCUT2D eigenvalue weighted by molar-refractivity contribution is -0.385. The minimum Gasteiger partial charge on any atom is -0.288 e. The van der Waals surface area contributed by atoms with Gasteiger partial charge < -0.3 is 0 Å². The van der Waals surface area contributed by atoms with Crippen LogP contribution < -0.4 is 0 Å². The van der Waals surface area contributed by atoms with Gasteiger partial charge in [0.1, 0.15) is 18.2 Å². The standard InChI is InChI=1S/C13H9NO3.2C4H4N2/c15-13(10-6-2-1-3-7-10)11-8-4-5-9-12(11)14(16)17;2*1-2-5-4-6-3-1/h1-9H;2*1-4H. The number of nitro benzene ring substituents is 1. The van der Waals surface area contributed by atoms with E-state index in [2.05, 4.69) is 19.9 Å². The van der Waals surface area contributed by atoms with E-state index in [0.29, 0.717) is 5.56 Å². The van der Waals surface area contributed by atoms with Crippen molar-refractivity contribution in [3.63, 3.8) is 0 Å². The lowest BCUT2D eigenvalue weighted by atomic mass is 10.0. The molecule has 0 saturated heterocycles. The Labute approximate surface area is 167 Å². The van der Waals surface area contributed by atoms with Crippen molar-refractivity contribution < 1.29 is 9.72 Å². The van der Waals surface area contributed by atoms with Crippen molar-refractivity contribution in [2.75, 3.05) is 0 Å². The van der Waals surface area contributed by atoms with E-state index < -0.39 is 4.92 Å². The summed E-state index contributed by atoms with van der Waals surface area (Å²) in [6.45, 7) is 0. The number of ketones is 1. The molecular weight excluding hydrogens is 370 g/mol. The summed E-state index contributed by atoms with van der Waals surface area (Å²) in [7, 11) is 0. The molecule has 0 fully saturated rings. The van der Waals surface area contributed by atoms with Gasteiger partial charge in [-0.1, -0.05) is 42.5 Å². The van der Waals surface area contributed by atoms with E-state index in [4.69, 9.17) is 0 Å². The molecular formula is C21H17N5O3. The molecule has 0 aliphatic rings. The normalized spacial score (nSPS) is 9.10. The first-order valence-corrected chi connectivity index (χ1v) is 8.43. The third-order valence-electron chi connectivity index (χ3n) is 3.34. The highest BCUT2D eigenvalue weighted by molar-refractivity contribution is 6.11. The molecule has 0 amide bonds. The fourth-order valence-corrected chi connectivity index (χ4v) is 2.08. The van der Waals surface area contributed by atoms with Crippen LogP contribution in [0.4, 0.5) is 5.69 Å². The molecule has 0 aliphatic heterocycles. The summed E-state index contributed by atoms with van der Waals surface area (Å²) in [4.78, 5) is 37.0. The van der Waals surface area contributed by atoms with Crippen LogP contribution in [0.15, 0.2) is 104 Å². The fourth-order valence-electron chi connectivity index (χ4n) is 2.08. The fraction of sp³-hybridized carbons (Fsp3) is 0. The molecule has 0 radical (unpaired) electrons. The molecule has 0 aliphatic carbocycles. The van der Waals surface area contributed by atoms with Gasteiger partial charge in [0, 0.05) is 36.4 Å². The zero-order valence-electron chi connectivity index (χ0n) is 15.3. The molecule has 8 heteroatoms. The Morgan fingerprint density at radius 1 is 0.690 bits per heavy atom. The monoisotopic (exact) mass is 387 g/mol. The van der Waals surface area contributed by atoms with E-state index in [1.54, 1.807) is 79.4 Å². The predicted molar refractivity (Wildman–Crippen MR) is 107 cm³/mol. The first-order chi connectivity index (χ1) is 14.2. The van der Waals surface area contributed by atoms with E-state index in [1.165, 1.54) is 24.8 Å². The molecule has 0 saturated carbocycles. The van der Waals surface area contributed by atoms with Crippen LogP contribution in [0.1, 0.15) is 15.9 Å². The van der Waals surface area contributed by atoms with Crippen LogP contribution in [0.5, 0.6) is 0 Å². The van der Waals surface area contributed by atoms with Gasteiger partial charge in [-0.05, 0) is 18.2 Å². The Hall–Kier alpha value is -4.33. The Bertz CT molecular complexity index is 915. The van der Waals surface area contributed by atoms with Crippen LogP contribution in [0.25, 0.3) is 0 Å². The number of carbonyl (C=O) groups excluding carboxylic acids is 1. The van der Waals surface area contributed by atoms with Gasteiger partial charge in [-0.2, -0.15) is 0 Å². The Morgan fingerprint density at radius 3 is 1.59 bits per heavy atom. The molecule has 2 aromatic heterocycles. The summed E-state index contributed by atoms with van der Waals surface area (Å²) in [5.41, 5.74) is 0.395. The van der Waals surface area contributed by atoms with Crippen LogP contribution in [-0.2, 0) is 0 Å². The summed E-state index contributed by atoms with van der Waals surface area (Å²) < 4.78 is 0. The van der Waals surface area contributed by atoms with Crippen LogP contribution in [0.3, 0.4) is 0 Å². The second-order valence-corrected chi connectivity index (χ2v) is 5.28. The largest absolute Gasteiger partial charge is 0.288 e. The van der Waals surface area contributed by atoms with Crippen molar-refractivity contribution in [2.45, 2.75) is 0 Å². The van der Waals surface area contributed by atoms with Gasteiger partial charge in [-0.15, -0.1) is 0 Å². The molecule has 0 N–H and O–H groups in total. The van der Waals surface area contributed by atoms with Crippen molar-refractivity contribution in [1.82, 2.24) is 19.9 Å². The van der Waals surface area contributed by atoms with Gasteiger partial charge in [0.2, 0.25) is 0 Å². The molecule has 29 heavy (non-hydrogen) atoms. The van der Waals surface area contributed by atoms with Crippen molar-refractivity contribution >= 4 is 11.5 Å². The third kappa shape index (κ3) is 7.43. The number of nitrogens with zero attached hydrogens (tertiary/aromatic N) is 5. The smallest absolute Gasteiger partial charge is 0.280 e. The maximum Gasteiger partial charge on any atom is 0.280 e. The number of hydrogen-bond donors (Lipinski definition) is 0. The second-order valence-electron chi connectivity index (χ2n) is 5.28. The molecule has 2 heterocycles. The number of hydrogen-bond acceptors (Lipinski definition) is 7. The molecule has 144 valence electrons. The number of para-hydroxylation sites is 1. The Morgan fingerprint density at radius 2 is 1.17 bits per heavy atom. The summed E-state index contributed by atoms with van der Waals surface area (Å²) >= 11 is 0. The van der Waals surface area contributed by atoms with E-state index in [-0.39, 0.29) is 17.0 Å². The number of benzene rings is 2. The van der Waals surface area contributed by atoms with E-state index >= 15 is 0 Å². The molecule has 0 unspecified atom stereocenters. The lowest BCUT2D eigenvalue weighted by Gasteiger charge is -2.01. The van der Waals surface area contributed by atoms with Crippen LogP contribution >= 0.6 is 0 Å². The van der Waals surface area contributed by atoms with Gasteiger partial charge in [0.15, 0.2) is 5.78 Å². The van der Waals surface area contributed by atoms with E-state index in [9.17, 15) is 14.9 Å².